The average Bonchev–Trinajstić information content (AvgIpc) is 3.63. The zero-order valence-electron chi connectivity index (χ0n) is 18.3. The molecule has 2 aromatic rings. The van der Waals surface area contributed by atoms with Gasteiger partial charge in [-0.1, -0.05) is 31.0 Å². The predicted octanol–water partition coefficient (Wildman–Crippen LogP) is 4.35. The molecule has 1 aromatic carbocycles. The summed E-state index contributed by atoms with van der Waals surface area (Å²) in [4.78, 5) is 25.9. The fourth-order valence-corrected chi connectivity index (χ4v) is 4.37. The maximum Gasteiger partial charge on any atom is 0.341 e. The number of carboxylic acid groups (broad SMARTS) is 1. The summed E-state index contributed by atoms with van der Waals surface area (Å²) >= 11 is 6.20. The number of aromatic carboxylic acids is 1. The third-order valence-electron chi connectivity index (χ3n) is 5.86. The fraction of sp³-hybridized carbons (Fsp3) is 0.478. The Kier molecular flexibility index (Phi) is 7.46. The summed E-state index contributed by atoms with van der Waals surface area (Å²) in [6, 6.07) is 1.03. The maximum absolute atomic E-state index is 15.1. The highest BCUT2D eigenvalue weighted by Crippen LogP contribution is 2.43. The first-order valence-electron chi connectivity index (χ1n) is 11.0. The molecule has 4 N–H and O–H groups in total. The van der Waals surface area contributed by atoms with Gasteiger partial charge in [-0.25, -0.2) is 9.18 Å². The Bertz CT molecular complexity index is 1120. The molecule has 2 heterocycles. The minimum Gasteiger partial charge on any atom is -0.504 e. The molecule has 174 valence electrons. The van der Waals surface area contributed by atoms with E-state index in [1.807, 2.05) is 13.8 Å². The van der Waals surface area contributed by atoms with E-state index in [0.29, 0.717) is 24.5 Å². The summed E-state index contributed by atoms with van der Waals surface area (Å²) in [6.07, 6.45) is 4.93. The van der Waals surface area contributed by atoms with Gasteiger partial charge in [0.15, 0.2) is 11.6 Å². The van der Waals surface area contributed by atoms with Crippen LogP contribution >= 0.6 is 11.6 Å². The Morgan fingerprint density at radius 1 is 1.28 bits per heavy atom. The van der Waals surface area contributed by atoms with Gasteiger partial charge in [0, 0.05) is 36.9 Å². The number of fused-ring (bicyclic) bond motifs is 1. The van der Waals surface area contributed by atoms with Crippen LogP contribution in [0.15, 0.2) is 27.7 Å². The van der Waals surface area contributed by atoms with Crippen molar-refractivity contribution in [3.05, 3.63) is 44.5 Å². The third-order valence-corrected chi connectivity index (χ3v) is 6.28. The van der Waals surface area contributed by atoms with Crippen molar-refractivity contribution in [2.45, 2.75) is 52.0 Å². The Morgan fingerprint density at radius 2 is 1.97 bits per heavy atom. The molecule has 1 saturated carbocycles. The van der Waals surface area contributed by atoms with E-state index in [2.05, 4.69) is 0 Å². The van der Waals surface area contributed by atoms with Gasteiger partial charge in [0.1, 0.15) is 11.3 Å². The smallest absolute Gasteiger partial charge is 0.341 e. The van der Waals surface area contributed by atoms with Crippen LogP contribution < -0.4 is 16.1 Å². The highest BCUT2D eigenvalue weighted by molar-refractivity contribution is 6.30. The van der Waals surface area contributed by atoms with E-state index in [9.17, 15) is 19.8 Å². The number of aromatic nitrogens is 1. The zero-order valence-corrected chi connectivity index (χ0v) is 19.1. The zero-order chi connectivity index (χ0) is 23.6. The minimum absolute atomic E-state index is 0.0163. The number of nitrogens with two attached hydrogens (primary N) is 1. The molecular weight excluding hydrogens is 437 g/mol. The van der Waals surface area contributed by atoms with E-state index in [1.54, 1.807) is 9.47 Å². The summed E-state index contributed by atoms with van der Waals surface area (Å²) in [6.45, 7) is 5.21. The first kappa shape index (κ1) is 24.1. The van der Waals surface area contributed by atoms with Crippen LogP contribution in [0.2, 0.25) is 0 Å². The van der Waals surface area contributed by atoms with Crippen molar-refractivity contribution in [3.63, 3.8) is 0 Å². The topological polar surface area (TPSA) is 109 Å². The second kappa shape index (κ2) is 9.92. The van der Waals surface area contributed by atoms with Crippen LogP contribution in [0.1, 0.15) is 62.4 Å². The number of benzene rings is 1. The van der Waals surface area contributed by atoms with Gasteiger partial charge in [-0.2, -0.15) is 0 Å². The van der Waals surface area contributed by atoms with Gasteiger partial charge in [-0.15, -0.1) is 0 Å². The molecule has 0 radical (unpaired) electrons. The van der Waals surface area contributed by atoms with Crippen molar-refractivity contribution in [2.75, 3.05) is 24.5 Å². The standard InChI is InChI=1S/C21H23ClFN3O4.C2H6/c22-15(9-24)11-2-1-6-25(7-5-11)18-16(23)8-13-17(20(18)28)26(12-3-4-12)10-14(19(13)27)21(29)30;1-2/h8,10,12,28H,1-7,9,24H2,(H,29,30);1-2H3/b15-11-;. The number of pyridine rings is 1. The lowest BCUT2D eigenvalue weighted by molar-refractivity contribution is 0.0694. The molecular formula is C23H29ClFN3O4. The number of carboxylic acids is 1. The maximum atomic E-state index is 15.1. The van der Waals surface area contributed by atoms with Crippen molar-refractivity contribution in [1.82, 2.24) is 4.57 Å². The van der Waals surface area contributed by atoms with Crippen molar-refractivity contribution >= 4 is 34.2 Å². The molecule has 1 aliphatic carbocycles. The number of anilines is 1. The van der Waals surface area contributed by atoms with E-state index in [4.69, 9.17) is 17.3 Å². The second-order valence-corrected chi connectivity index (χ2v) is 8.28. The van der Waals surface area contributed by atoms with Crippen molar-refractivity contribution in [2.24, 2.45) is 5.73 Å². The summed E-state index contributed by atoms with van der Waals surface area (Å²) in [5.74, 6) is -2.45. The molecule has 4 rings (SSSR count). The van der Waals surface area contributed by atoms with Gasteiger partial charge >= 0.3 is 5.97 Å². The molecule has 7 nitrogen and oxygen atoms in total. The van der Waals surface area contributed by atoms with Crippen LogP contribution in [-0.2, 0) is 0 Å². The number of rotatable bonds is 4. The molecule has 0 atom stereocenters. The lowest BCUT2D eigenvalue weighted by atomic mass is 10.1. The molecule has 9 heteroatoms. The Hall–Kier alpha value is -2.58. The van der Waals surface area contributed by atoms with Gasteiger partial charge in [0.25, 0.3) is 0 Å². The molecule has 2 fully saturated rings. The predicted molar refractivity (Wildman–Crippen MR) is 124 cm³/mol. The number of hydrogen-bond acceptors (Lipinski definition) is 5. The monoisotopic (exact) mass is 465 g/mol. The highest BCUT2D eigenvalue weighted by Gasteiger charge is 2.31. The first-order valence-corrected chi connectivity index (χ1v) is 11.4. The van der Waals surface area contributed by atoms with E-state index in [-0.39, 0.29) is 34.9 Å². The number of halogens is 2. The first-order chi connectivity index (χ1) is 15.3. The third kappa shape index (κ3) is 4.47. The largest absolute Gasteiger partial charge is 0.504 e. The number of aromatic hydroxyl groups is 1. The molecule has 1 aromatic heterocycles. The van der Waals surface area contributed by atoms with Crippen LogP contribution in [-0.4, -0.2) is 40.4 Å². The number of nitrogens with zero attached hydrogens (tertiary/aromatic N) is 2. The minimum atomic E-state index is -1.37. The number of carbonyl (C=O) groups is 1. The fourth-order valence-electron chi connectivity index (χ4n) is 4.18. The lowest BCUT2D eigenvalue weighted by Gasteiger charge is -2.25. The van der Waals surface area contributed by atoms with E-state index < -0.39 is 22.8 Å². The Balaban J connectivity index is 0.00000141. The molecule has 1 saturated heterocycles. The van der Waals surface area contributed by atoms with Gasteiger partial charge < -0.3 is 25.4 Å². The van der Waals surface area contributed by atoms with Gasteiger partial charge in [-0.3, -0.25) is 4.79 Å². The Labute approximate surface area is 190 Å². The normalized spacial score (nSPS) is 18.1. The summed E-state index contributed by atoms with van der Waals surface area (Å²) in [7, 11) is 0. The molecule has 0 amide bonds. The van der Waals surface area contributed by atoms with Gasteiger partial charge in [0.05, 0.1) is 10.9 Å². The summed E-state index contributed by atoms with van der Waals surface area (Å²) < 4.78 is 16.7. The van der Waals surface area contributed by atoms with E-state index in [0.717, 1.165) is 37.3 Å². The van der Waals surface area contributed by atoms with Crippen LogP contribution in [0.3, 0.4) is 0 Å². The lowest BCUT2D eigenvalue weighted by Crippen LogP contribution is -2.26. The highest BCUT2D eigenvalue weighted by atomic mass is 35.5. The van der Waals surface area contributed by atoms with E-state index >= 15 is 4.39 Å². The number of phenolic OH excluding ortho intramolecular Hbond substituents is 1. The Morgan fingerprint density at radius 3 is 2.56 bits per heavy atom. The van der Waals surface area contributed by atoms with Crippen LogP contribution in [0, 0.1) is 5.82 Å². The molecule has 0 bridgehead atoms. The second-order valence-electron chi connectivity index (χ2n) is 7.82. The molecule has 0 spiro atoms. The summed E-state index contributed by atoms with van der Waals surface area (Å²) in [5, 5.41) is 20.9. The van der Waals surface area contributed by atoms with Gasteiger partial charge in [0.2, 0.25) is 5.43 Å². The summed E-state index contributed by atoms with van der Waals surface area (Å²) in [5.41, 5.74) is 5.65. The van der Waals surface area contributed by atoms with Crippen LogP contribution in [0.5, 0.6) is 5.75 Å². The quantitative estimate of drug-likeness (QED) is 0.619. The van der Waals surface area contributed by atoms with Crippen LogP contribution in [0.4, 0.5) is 10.1 Å². The molecule has 2 aliphatic rings. The molecule has 1 aliphatic heterocycles. The number of phenols is 1. The van der Waals surface area contributed by atoms with Crippen molar-refractivity contribution < 1.29 is 19.4 Å². The van der Waals surface area contributed by atoms with E-state index in [1.165, 1.54) is 6.20 Å². The van der Waals surface area contributed by atoms with Crippen molar-refractivity contribution in [3.8, 4) is 5.75 Å². The van der Waals surface area contributed by atoms with Crippen molar-refractivity contribution in [1.29, 1.82) is 0 Å². The molecule has 0 unspecified atom stereocenters. The van der Waals surface area contributed by atoms with Crippen LogP contribution in [0.25, 0.3) is 10.9 Å². The molecule has 32 heavy (non-hydrogen) atoms. The van der Waals surface area contributed by atoms with Gasteiger partial charge in [-0.05, 0) is 38.2 Å². The SMILES string of the molecule is CC.NC/C(Cl)=C1\CCCN(c2c(F)cc3c(=O)c(C(=O)O)cn(C4CC4)c3c2O)CC1. The average molecular weight is 466 g/mol. The number of hydrogen-bond donors (Lipinski definition) is 3.